The molecule has 0 saturated carbocycles. The number of nitrogens with zero attached hydrogens (tertiary/aromatic N) is 1. The maximum Gasteiger partial charge on any atom is 0.143 e. The van der Waals surface area contributed by atoms with Crippen molar-refractivity contribution in [3.05, 3.63) is 307 Å². The minimum absolute atomic E-state index is 0.533. The van der Waals surface area contributed by atoms with Crippen molar-refractivity contribution in [2.45, 2.75) is 5.41 Å². The molecule has 0 radical (unpaired) electrons. The molecule has 0 N–H and O–H groups in total. The maximum atomic E-state index is 6.52. The fraction of sp³-hybridized carbons (Fsp3) is 0.0141. The van der Waals surface area contributed by atoms with Gasteiger partial charge in [-0.15, -0.1) is 0 Å². The van der Waals surface area contributed by atoms with Gasteiger partial charge in [0.1, 0.15) is 11.2 Å². The lowest BCUT2D eigenvalue weighted by atomic mass is 9.67. The molecule has 0 amide bonds. The molecule has 0 aliphatic heterocycles. The van der Waals surface area contributed by atoms with Crippen molar-refractivity contribution in [3.63, 3.8) is 0 Å². The predicted octanol–water partition coefficient (Wildman–Crippen LogP) is 19.2. The molecule has 0 bridgehead atoms. The summed E-state index contributed by atoms with van der Waals surface area (Å²) in [5, 5.41) is 4.75. The number of furan rings is 1. The molecule has 2 nitrogen and oxygen atoms in total. The zero-order valence-corrected chi connectivity index (χ0v) is 40.0. The van der Waals surface area contributed by atoms with Crippen LogP contribution in [0, 0.1) is 0 Å². The number of anilines is 3. The smallest absolute Gasteiger partial charge is 0.143 e. The maximum absolute atomic E-state index is 6.52. The second kappa shape index (κ2) is 17.4. The van der Waals surface area contributed by atoms with E-state index >= 15 is 0 Å². The lowest BCUT2D eigenvalue weighted by molar-refractivity contribution is 0.670. The van der Waals surface area contributed by atoms with Crippen LogP contribution in [0.1, 0.15) is 22.3 Å². The predicted molar refractivity (Wildman–Crippen MR) is 305 cm³/mol. The van der Waals surface area contributed by atoms with E-state index in [2.05, 4.69) is 278 Å². The summed E-state index contributed by atoms with van der Waals surface area (Å²) >= 11 is 0. The van der Waals surface area contributed by atoms with E-state index in [4.69, 9.17) is 4.42 Å². The van der Waals surface area contributed by atoms with Gasteiger partial charge in [0.25, 0.3) is 0 Å². The molecule has 14 rings (SSSR count). The van der Waals surface area contributed by atoms with Crippen LogP contribution >= 0.6 is 0 Å². The Labute approximate surface area is 425 Å². The van der Waals surface area contributed by atoms with Crippen molar-refractivity contribution >= 4 is 49.8 Å². The van der Waals surface area contributed by atoms with Gasteiger partial charge in [0.05, 0.1) is 5.41 Å². The van der Waals surface area contributed by atoms with Crippen LogP contribution in [0.2, 0.25) is 0 Å². The van der Waals surface area contributed by atoms with E-state index < -0.39 is 5.41 Å². The largest absolute Gasteiger partial charge is 0.455 e. The molecule has 342 valence electrons. The van der Waals surface area contributed by atoms with Crippen LogP contribution < -0.4 is 4.90 Å². The highest BCUT2D eigenvalue weighted by molar-refractivity contribution is 6.09. The highest BCUT2D eigenvalue weighted by atomic mass is 16.3. The highest BCUT2D eigenvalue weighted by Crippen LogP contribution is 2.57. The number of rotatable bonds is 9. The molecular formula is C71H47NO. The minimum atomic E-state index is -0.533. The third-order valence-electron chi connectivity index (χ3n) is 15.1. The average molecular weight is 930 g/mol. The number of para-hydroxylation sites is 2. The van der Waals surface area contributed by atoms with E-state index in [-0.39, 0.29) is 0 Å². The van der Waals surface area contributed by atoms with E-state index in [1.165, 1.54) is 72.0 Å². The van der Waals surface area contributed by atoms with E-state index in [0.29, 0.717) is 0 Å². The topological polar surface area (TPSA) is 16.4 Å². The summed E-state index contributed by atoms with van der Waals surface area (Å²) < 4.78 is 6.52. The fourth-order valence-electron chi connectivity index (χ4n) is 11.7. The van der Waals surface area contributed by atoms with Crippen LogP contribution in [-0.4, -0.2) is 0 Å². The molecule has 12 aromatic carbocycles. The van der Waals surface area contributed by atoms with Crippen LogP contribution in [0.3, 0.4) is 0 Å². The Bertz CT molecular complexity index is 4150. The first-order chi connectivity index (χ1) is 36.2. The summed E-state index contributed by atoms with van der Waals surface area (Å²) in [5.41, 5.74) is 21.3. The van der Waals surface area contributed by atoms with Crippen LogP contribution in [0.4, 0.5) is 17.1 Å². The van der Waals surface area contributed by atoms with Gasteiger partial charge in [-0.25, -0.2) is 0 Å². The van der Waals surface area contributed by atoms with Gasteiger partial charge < -0.3 is 9.32 Å². The van der Waals surface area contributed by atoms with Crippen LogP contribution in [0.25, 0.3) is 88.3 Å². The molecule has 1 heterocycles. The summed E-state index contributed by atoms with van der Waals surface area (Å²) in [7, 11) is 0. The van der Waals surface area contributed by atoms with Crippen LogP contribution in [-0.2, 0) is 5.41 Å². The highest BCUT2D eigenvalue weighted by Gasteiger charge is 2.46. The SMILES string of the molecule is c1ccc(C2(c3ccccc3)c3ccccc3-c3ccc(N(c4ccc(-c5cccc(-c6cccc(-c7ccc8ccccc8c7)c6)c5)cc4)c4ccc(-c5cccc6c5oc5ccccc56)cc4)cc32)cc1. The molecule has 0 fully saturated rings. The molecule has 1 aliphatic carbocycles. The minimum Gasteiger partial charge on any atom is -0.455 e. The first-order valence-corrected chi connectivity index (χ1v) is 25.1. The van der Waals surface area contributed by atoms with Crippen molar-refractivity contribution in [3.8, 4) is 55.6 Å². The van der Waals surface area contributed by atoms with E-state index in [1.54, 1.807) is 0 Å². The van der Waals surface area contributed by atoms with Gasteiger partial charge >= 0.3 is 0 Å². The molecule has 2 heteroatoms. The first kappa shape index (κ1) is 42.4. The van der Waals surface area contributed by atoms with Crippen molar-refractivity contribution in [1.82, 2.24) is 0 Å². The number of hydrogen-bond acceptors (Lipinski definition) is 2. The Morgan fingerprint density at radius 2 is 0.767 bits per heavy atom. The molecule has 13 aromatic rings. The summed E-state index contributed by atoms with van der Waals surface area (Å²) in [6, 6.07) is 104. The first-order valence-electron chi connectivity index (χ1n) is 25.1. The van der Waals surface area contributed by atoms with Crippen LogP contribution in [0.5, 0.6) is 0 Å². The molecule has 1 aromatic heterocycles. The summed E-state index contributed by atoms with van der Waals surface area (Å²) in [5.74, 6) is 0. The Kier molecular flexibility index (Phi) is 10.1. The molecule has 73 heavy (non-hydrogen) atoms. The van der Waals surface area contributed by atoms with Crippen LogP contribution in [0.15, 0.2) is 290 Å². The van der Waals surface area contributed by atoms with Gasteiger partial charge in [0.2, 0.25) is 0 Å². The zero-order chi connectivity index (χ0) is 48.3. The molecule has 0 atom stereocenters. The Morgan fingerprint density at radius 3 is 1.47 bits per heavy atom. The van der Waals surface area contributed by atoms with Gasteiger partial charge in [0.15, 0.2) is 0 Å². The summed E-state index contributed by atoms with van der Waals surface area (Å²) in [6.07, 6.45) is 0. The zero-order valence-electron chi connectivity index (χ0n) is 40.0. The van der Waals surface area contributed by atoms with Gasteiger partial charge in [-0.1, -0.05) is 224 Å². The lowest BCUT2D eigenvalue weighted by Gasteiger charge is -2.35. The molecular weight excluding hydrogens is 883 g/mol. The molecule has 1 aliphatic rings. The van der Waals surface area contributed by atoms with Crippen molar-refractivity contribution in [2.24, 2.45) is 0 Å². The monoisotopic (exact) mass is 929 g/mol. The van der Waals surface area contributed by atoms with Gasteiger partial charge in [0, 0.05) is 33.4 Å². The summed E-state index contributed by atoms with van der Waals surface area (Å²) in [4.78, 5) is 2.41. The van der Waals surface area contributed by atoms with E-state index in [9.17, 15) is 0 Å². The van der Waals surface area contributed by atoms with Gasteiger partial charge in [-0.2, -0.15) is 0 Å². The van der Waals surface area contributed by atoms with Crippen molar-refractivity contribution in [2.75, 3.05) is 4.90 Å². The third kappa shape index (κ3) is 7.10. The number of hydrogen-bond donors (Lipinski definition) is 0. The normalized spacial score (nSPS) is 12.5. The van der Waals surface area contributed by atoms with Crippen molar-refractivity contribution in [1.29, 1.82) is 0 Å². The third-order valence-corrected chi connectivity index (χ3v) is 15.1. The Balaban J connectivity index is 0.884. The lowest BCUT2D eigenvalue weighted by Crippen LogP contribution is -2.28. The van der Waals surface area contributed by atoms with Gasteiger partial charge in [-0.3, -0.25) is 0 Å². The average Bonchev–Trinajstić information content (AvgIpc) is 4.04. The second-order valence-corrected chi connectivity index (χ2v) is 19.2. The van der Waals surface area contributed by atoms with Gasteiger partial charge in [-0.05, 0) is 144 Å². The van der Waals surface area contributed by atoms with E-state index in [0.717, 1.165) is 55.7 Å². The summed E-state index contributed by atoms with van der Waals surface area (Å²) in [6.45, 7) is 0. The molecule has 0 saturated heterocycles. The Hall–Kier alpha value is -9.50. The quantitative estimate of drug-likeness (QED) is 0.143. The molecule has 0 unspecified atom stereocenters. The number of fused-ring (bicyclic) bond motifs is 7. The Morgan fingerprint density at radius 1 is 0.274 bits per heavy atom. The standard InChI is InChI=1S/C71H47NO/c1-3-22-57(23-4-1)71(58-24-5-2-6-25-58)67-30-11-9-26-63(67)64-43-42-61(47-68(64)71)72(60-40-36-50(37-41-60)62-28-15-29-66-65-27-10-12-31-69(65)73-70(62)66)59-38-34-49(35-39-59)52-18-13-19-53(44-52)54-20-14-21-55(46-54)56-33-32-48-16-7-8-17-51(48)45-56/h1-47H. The van der Waals surface area contributed by atoms with E-state index in [1.807, 2.05) is 12.1 Å². The fourth-order valence-corrected chi connectivity index (χ4v) is 11.7. The second-order valence-electron chi connectivity index (χ2n) is 19.2. The molecule has 0 spiro atoms. The number of benzene rings is 12. The van der Waals surface area contributed by atoms with Crippen molar-refractivity contribution < 1.29 is 4.42 Å².